The Balaban J connectivity index is 1.78. The van der Waals surface area contributed by atoms with Gasteiger partial charge in [0, 0.05) is 32.2 Å². The Kier molecular flexibility index (Phi) is 6.72. The van der Waals surface area contributed by atoms with Crippen molar-refractivity contribution in [2.45, 2.75) is 18.7 Å². The second-order valence-corrected chi connectivity index (χ2v) is 7.46. The number of halogens is 4. The largest absolute Gasteiger partial charge is 0.345 e. The minimum Gasteiger partial charge on any atom is -0.345 e. The lowest BCUT2D eigenvalue weighted by Crippen LogP contribution is -2.33. The standard InChI is InChI=1S/C17H14Cl4N4O3/c18-10-3-1-4-11(19)9(10)7-8-22-17-23-15(16(24-17)28-25(26)27)14-12(20)5-2-6-13(14)21/h1-6,15-16H,7-8H2,(H2,22,23,24). The monoisotopic (exact) mass is 462 g/mol. The lowest BCUT2D eigenvalue weighted by molar-refractivity contribution is -0.770. The van der Waals surface area contributed by atoms with Gasteiger partial charge in [-0.1, -0.05) is 58.5 Å². The highest BCUT2D eigenvalue weighted by atomic mass is 35.5. The van der Waals surface area contributed by atoms with Crippen LogP contribution in [-0.4, -0.2) is 23.8 Å². The van der Waals surface area contributed by atoms with E-state index in [0.717, 1.165) is 5.56 Å². The molecule has 2 aromatic carbocycles. The molecule has 0 radical (unpaired) electrons. The highest BCUT2D eigenvalue weighted by Crippen LogP contribution is 2.34. The average Bonchev–Trinajstić information content (AvgIpc) is 2.99. The van der Waals surface area contributed by atoms with Crippen molar-refractivity contribution in [1.82, 2.24) is 10.6 Å². The zero-order valence-electron chi connectivity index (χ0n) is 14.2. The van der Waals surface area contributed by atoms with E-state index < -0.39 is 17.4 Å². The summed E-state index contributed by atoms with van der Waals surface area (Å²) in [5.74, 6) is 0.316. The zero-order chi connectivity index (χ0) is 20.3. The van der Waals surface area contributed by atoms with Gasteiger partial charge in [0.05, 0.1) is 0 Å². The molecule has 0 saturated carbocycles. The number of guanidine groups is 1. The summed E-state index contributed by atoms with van der Waals surface area (Å²) in [6.45, 7) is 0.340. The fourth-order valence-electron chi connectivity index (χ4n) is 2.84. The third-order valence-corrected chi connectivity index (χ3v) is 5.45. The number of nitrogens with one attached hydrogen (secondary N) is 2. The SMILES string of the molecule is O=[N+]([O-])OC1NC(=NCCc2c(Cl)cccc2Cl)NC1c1c(Cl)cccc1Cl. The van der Waals surface area contributed by atoms with Crippen LogP contribution in [0.15, 0.2) is 41.4 Å². The number of nitrogens with zero attached hydrogens (tertiary/aromatic N) is 2. The molecule has 1 fully saturated rings. The first-order chi connectivity index (χ1) is 13.4. The smallest absolute Gasteiger partial charge is 0.296 e. The van der Waals surface area contributed by atoms with E-state index in [9.17, 15) is 10.1 Å². The summed E-state index contributed by atoms with van der Waals surface area (Å²) in [6.07, 6.45) is -0.557. The average molecular weight is 464 g/mol. The molecular formula is C17H14Cl4N4O3. The van der Waals surface area contributed by atoms with Crippen LogP contribution < -0.4 is 10.6 Å². The second kappa shape index (κ2) is 9.05. The molecule has 1 saturated heterocycles. The maximum atomic E-state index is 10.9. The quantitative estimate of drug-likeness (QED) is 0.480. The van der Waals surface area contributed by atoms with Crippen molar-refractivity contribution in [3.8, 4) is 0 Å². The minimum absolute atomic E-state index is 0.316. The van der Waals surface area contributed by atoms with E-state index in [1.165, 1.54) is 0 Å². The summed E-state index contributed by atoms with van der Waals surface area (Å²) in [4.78, 5) is 20.0. The summed E-state index contributed by atoms with van der Waals surface area (Å²) in [5, 5.41) is 17.7. The molecule has 148 valence electrons. The molecule has 2 unspecified atom stereocenters. The van der Waals surface area contributed by atoms with Crippen molar-refractivity contribution in [3.63, 3.8) is 0 Å². The van der Waals surface area contributed by atoms with Crippen molar-refractivity contribution in [3.05, 3.63) is 77.7 Å². The Morgan fingerprint density at radius 2 is 1.57 bits per heavy atom. The van der Waals surface area contributed by atoms with Gasteiger partial charge in [-0.05, 0) is 36.2 Å². The van der Waals surface area contributed by atoms with Crippen LogP contribution in [0.25, 0.3) is 0 Å². The first-order valence-electron chi connectivity index (χ1n) is 8.12. The van der Waals surface area contributed by atoms with Gasteiger partial charge < -0.3 is 10.6 Å². The van der Waals surface area contributed by atoms with Gasteiger partial charge in [-0.25, -0.2) is 0 Å². The second-order valence-electron chi connectivity index (χ2n) is 5.83. The number of benzene rings is 2. The fourth-order valence-corrected chi connectivity index (χ4v) is 4.05. The van der Waals surface area contributed by atoms with Crippen molar-refractivity contribution in [2.24, 2.45) is 4.99 Å². The number of aliphatic imine (C=N–C) groups is 1. The van der Waals surface area contributed by atoms with Crippen molar-refractivity contribution >= 4 is 52.4 Å². The molecule has 0 aromatic heterocycles. The normalized spacial score (nSPS) is 19.9. The summed E-state index contributed by atoms with van der Waals surface area (Å²) in [6, 6.07) is 9.52. The molecule has 0 aliphatic carbocycles. The van der Waals surface area contributed by atoms with E-state index in [1.807, 2.05) is 0 Å². The van der Waals surface area contributed by atoms with Crippen LogP contribution in [0.2, 0.25) is 20.1 Å². The van der Waals surface area contributed by atoms with E-state index in [2.05, 4.69) is 15.6 Å². The zero-order valence-corrected chi connectivity index (χ0v) is 17.2. The van der Waals surface area contributed by atoms with Gasteiger partial charge in [-0.15, -0.1) is 10.1 Å². The minimum atomic E-state index is -1.05. The Morgan fingerprint density at radius 1 is 1.00 bits per heavy atom. The number of hydrogen-bond acceptors (Lipinski definition) is 4. The number of rotatable bonds is 6. The molecule has 1 aliphatic rings. The molecular weight excluding hydrogens is 450 g/mol. The first kappa shape index (κ1) is 20.8. The highest BCUT2D eigenvalue weighted by molar-refractivity contribution is 6.36. The van der Waals surface area contributed by atoms with Crippen LogP contribution in [0.3, 0.4) is 0 Å². The molecule has 2 N–H and O–H groups in total. The van der Waals surface area contributed by atoms with Gasteiger partial charge in [0.1, 0.15) is 6.04 Å². The Labute approximate surface area is 180 Å². The van der Waals surface area contributed by atoms with Crippen LogP contribution in [-0.2, 0) is 11.3 Å². The summed E-state index contributed by atoms with van der Waals surface area (Å²) in [5.41, 5.74) is 1.25. The van der Waals surface area contributed by atoms with Crippen LogP contribution in [0.1, 0.15) is 17.2 Å². The highest BCUT2D eigenvalue weighted by Gasteiger charge is 2.37. The molecule has 7 nitrogen and oxygen atoms in total. The third kappa shape index (κ3) is 4.72. The van der Waals surface area contributed by atoms with Crippen LogP contribution in [0.5, 0.6) is 0 Å². The number of hydrogen-bond donors (Lipinski definition) is 2. The summed E-state index contributed by atoms with van der Waals surface area (Å²) < 4.78 is 0. The van der Waals surface area contributed by atoms with Gasteiger partial charge in [0.2, 0.25) is 6.23 Å². The lowest BCUT2D eigenvalue weighted by atomic mass is 10.1. The van der Waals surface area contributed by atoms with Gasteiger partial charge in [-0.3, -0.25) is 9.83 Å². The molecule has 2 atom stereocenters. The maximum absolute atomic E-state index is 10.9. The topological polar surface area (TPSA) is 88.8 Å². The van der Waals surface area contributed by atoms with E-state index in [1.54, 1.807) is 36.4 Å². The van der Waals surface area contributed by atoms with Gasteiger partial charge in [0.15, 0.2) is 5.96 Å². The van der Waals surface area contributed by atoms with Crippen molar-refractivity contribution in [1.29, 1.82) is 0 Å². The third-order valence-electron chi connectivity index (χ3n) is 4.08. The Hall–Kier alpha value is -1.93. The summed E-state index contributed by atoms with van der Waals surface area (Å²) in [7, 11) is 0. The molecule has 3 rings (SSSR count). The predicted molar refractivity (Wildman–Crippen MR) is 110 cm³/mol. The first-order valence-corrected chi connectivity index (χ1v) is 9.63. The Morgan fingerprint density at radius 3 is 2.14 bits per heavy atom. The van der Waals surface area contributed by atoms with E-state index in [-0.39, 0.29) is 0 Å². The van der Waals surface area contributed by atoms with E-state index >= 15 is 0 Å². The molecule has 28 heavy (non-hydrogen) atoms. The fraction of sp³-hybridized carbons (Fsp3) is 0.235. The maximum Gasteiger partial charge on any atom is 0.296 e. The van der Waals surface area contributed by atoms with Crippen LogP contribution in [0.4, 0.5) is 0 Å². The van der Waals surface area contributed by atoms with Crippen molar-refractivity contribution < 1.29 is 9.92 Å². The molecule has 0 bridgehead atoms. The van der Waals surface area contributed by atoms with E-state index in [4.69, 9.17) is 51.2 Å². The molecule has 2 aromatic rings. The van der Waals surface area contributed by atoms with Crippen LogP contribution >= 0.6 is 46.4 Å². The lowest BCUT2D eigenvalue weighted by Gasteiger charge is -2.19. The van der Waals surface area contributed by atoms with Crippen molar-refractivity contribution in [2.75, 3.05) is 6.54 Å². The van der Waals surface area contributed by atoms with Gasteiger partial charge >= 0.3 is 0 Å². The van der Waals surface area contributed by atoms with E-state index in [0.29, 0.717) is 44.6 Å². The molecule has 1 heterocycles. The molecule has 0 spiro atoms. The van der Waals surface area contributed by atoms with Gasteiger partial charge in [0.25, 0.3) is 5.09 Å². The van der Waals surface area contributed by atoms with Crippen LogP contribution in [0, 0.1) is 10.1 Å². The molecule has 0 amide bonds. The Bertz CT molecular complexity index is 885. The molecule has 11 heteroatoms. The predicted octanol–water partition coefficient (Wildman–Crippen LogP) is 4.67. The summed E-state index contributed by atoms with van der Waals surface area (Å²) >= 11 is 24.8. The molecule has 1 aliphatic heterocycles. The van der Waals surface area contributed by atoms with Gasteiger partial charge in [-0.2, -0.15) is 0 Å².